The number of nitrogens with zero attached hydrogens (tertiary/aromatic N) is 4. The van der Waals surface area contributed by atoms with Crippen LogP contribution in [-0.4, -0.2) is 30.1 Å². The second-order valence-electron chi connectivity index (χ2n) is 9.09. The Kier molecular flexibility index (Phi) is 5.65. The van der Waals surface area contributed by atoms with Gasteiger partial charge in [0.05, 0.1) is 40.5 Å². The molecule has 0 saturated carbocycles. The van der Waals surface area contributed by atoms with E-state index in [9.17, 15) is 0 Å². The van der Waals surface area contributed by atoms with Crippen LogP contribution in [-0.2, 0) is 0 Å². The molecule has 1 aliphatic rings. The van der Waals surface area contributed by atoms with Gasteiger partial charge in [-0.25, -0.2) is 4.98 Å². The Balaban J connectivity index is 1.36. The topological polar surface area (TPSA) is 95.2 Å². The molecule has 1 aliphatic carbocycles. The van der Waals surface area contributed by atoms with Gasteiger partial charge in [-0.05, 0) is 49.1 Å². The minimum atomic E-state index is 0.778. The number of H-pyrrole nitrogens is 2. The van der Waals surface area contributed by atoms with Crippen molar-refractivity contribution in [2.45, 2.75) is 32.6 Å². The maximum Gasteiger partial charge on any atom is 0.135 e. The zero-order valence-corrected chi connectivity index (χ0v) is 20.2. The number of fused-ring (bicyclic) bond motifs is 2. The molecule has 7 nitrogen and oxygen atoms in total. The molecule has 0 spiro atoms. The molecular weight excluding hydrogens is 446 g/mol. The highest BCUT2D eigenvalue weighted by Gasteiger charge is 2.16. The Bertz CT molecular complexity index is 1650. The van der Waals surface area contributed by atoms with Crippen molar-refractivity contribution in [3.63, 3.8) is 0 Å². The summed E-state index contributed by atoms with van der Waals surface area (Å²) in [5, 5.41) is 12.2. The Morgan fingerprint density at radius 1 is 1.08 bits per heavy atom. The van der Waals surface area contributed by atoms with Gasteiger partial charge in [0.15, 0.2) is 0 Å². The monoisotopic (exact) mass is 473 g/mol. The first-order chi connectivity index (χ1) is 17.7. The standard InChI is InChI=1S/C29H27N7/c1-3-4-7-18(2)32-21-12-20(14-30-15-21)24-10-11-25-28(34-24)29(36-35-25)26-13-22-23(19-8-5-6-9-19)16-31-17-27(22)33-26/h5,8-17,32-33H,2-4,6-7H2,1H3,(H,35,36). The van der Waals surface area contributed by atoms with Gasteiger partial charge in [0.25, 0.3) is 0 Å². The highest BCUT2D eigenvalue weighted by atomic mass is 15.1. The maximum absolute atomic E-state index is 4.98. The van der Waals surface area contributed by atoms with Gasteiger partial charge in [-0.15, -0.1) is 0 Å². The predicted molar refractivity (Wildman–Crippen MR) is 146 cm³/mol. The van der Waals surface area contributed by atoms with E-state index in [0.29, 0.717) is 0 Å². The number of hydrogen-bond donors (Lipinski definition) is 3. The van der Waals surface area contributed by atoms with E-state index in [1.807, 2.05) is 36.9 Å². The molecule has 178 valence electrons. The second-order valence-corrected chi connectivity index (χ2v) is 9.09. The lowest BCUT2D eigenvalue weighted by molar-refractivity contribution is 0.791. The van der Waals surface area contributed by atoms with Gasteiger partial charge < -0.3 is 10.3 Å². The third-order valence-corrected chi connectivity index (χ3v) is 6.48. The molecule has 0 atom stereocenters. The number of pyridine rings is 3. The lowest BCUT2D eigenvalue weighted by Gasteiger charge is -2.10. The normalized spacial score (nSPS) is 13.0. The number of aromatic amines is 2. The summed E-state index contributed by atoms with van der Waals surface area (Å²) in [6.45, 7) is 6.31. The van der Waals surface area contributed by atoms with Crippen molar-refractivity contribution >= 4 is 33.2 Å². The number of hydrogen-bond acceptors (Lipinski definition) is 5. The summed E-state index contributed by atoms with van der Waals surface area (Å²) in [4.78, 5) is 17.3. The number of unbranched alkanes of at least 4 members (excludes halogenated alkanes) is 1. The second kappa shape index (κ2) is 9.26. The van der Waals surface area contributed by atoms with Crippen LogP contribution in [0.2, 0.25) is 0 Å². The number of aromatic nitrogens is 6. The molecule has 5 heterocycles. The van der Waals surface area contributed by atoms with Crippen molar-refractivity contribution < 1.29 is 0 Å². The molecule has 0 bridgehead atoms. The van der Waals surface area contributed by atoms with Crippen molar-refractivity contribution in [3.8, 4) is 22.6 Å². The average Bonchev–Trinajstić information content (AvgIpc) is 3.66. The summed E-state index contributed by atoms with van der Waals surface area (Å²) < 4.78 is 0. The van der Waals surface area contributed by atoms with E-state index in [1.54, 1.807) is 0 Å². The quantitative estimate of drug-likeness (QED) is 0.225. The zero-order valence-electron chi connectivity index (χ0n) is 20.2. The number of allylic oxidation sites excluding steroid dienone is 5. The van der Waals surface area contributed by atoms with Gasteiger partial charge in [-0.1, -0.05) is 38.2 Å². The van der Waals surface area contributed by atoms with E-state index in [1.165, 1.54) is 5.57 Å². The molecule has 5 aromatic rings. The van der Waals surface area contributed by atoms with E-state index in [0.717, 1.165) is 87.2 Å². The van der Waals surface area contributed by atoms with Gasteiger partial charge in [0.1, 0.15) is 11.2 Å². The molecule has 3 N–H and O–H groups in total. The highest BCUT2D eigenvalue weighted by molar-refractivity contribution is 5.99. The summed E-state index contributed by atoms with van der Waals surface area (Å²) in [7, 11) is 0. The van der Waals surface area contributed by atoms with Crippen LogP contribution in [0.5, 0.6) is 0 Å². The fraction of sp³-hybridized carbons (Fsp3) is 0.172. The van der Waals surface area contributed by atoms with Crippen LogP contribution in [0, 0.1) is 0 Å². The molecule has 0 aromatic carbocycles. The smallest absolute Gasteiger partial charge is 0.135 e. The van der Waals surface area contributed by atoms with E-state index >= 15 is 0 Å². The first-order valence-electron chi connectivity index (χ1n) is 12.3. The van der Waals surface area contributed by atoms with Crippen LogP contribution in [0.4, 0.5) is 5.69 Å². The Morgan fingerprint density at radius 2 is 2.00 bits per heavy atom. The minimum absolute atomic E-state index is 0.778. The number of anilines is 1. The van der Waals surface area contributed by atoms with Crippen LogP contribution in [0.15, 0.2) is 79.6 Å². The summed E-state index contributed by atoms with van der Waals surface area (Å²) in [5.41, 5.74) is 10.3. The largest absolute Gasteiger partial charge is 0.358 e. The molecule has 0 saturated heterocycles. The van der Waals surface area contributed by atoms with Gasteiger partial charge in [0, 0.05) is 34.6 Å². The first-order valence-corrected chi connectivity index (χ1v) is 12.3. The summed E-state index contributed by atoms with van der Waals surface area (Å²) in [6, 6.07) is 8.19. The molecule has 0 radical (unpaired) electrons. The van der Waals surface area contributed by atoms with Crippen LogP contribution >= 0.6 is 0 Å². The Morgan fingerprint density at radius 3 is 2.86 bits per heavy atom. The summed E-state index contributed by atoms with van der Waals surface area (Å²) in [6.07, 6.45) is 18.1. The summed E-state index contributed by atoms with van der Waals surface area (Å²) >= 11 is 0. The van der Waals surface area contributed by atoms with Crippen LogP contribution in [0.1, 0.15) is 38.2 Å². The molecular formula is C29H27N7. The van der Waals surface area contributed by atoms with Crippen molar-refractivity contribution in [2.75, 3.05) is 5.32 Å². The summed E-state index contributed by atoms with van der Waals surface area (Å²) in [5.74, 6) is 0. The van der Waals surface area contributed by atoms with Crippen molar-refractivity contribution in [1.82, 2.24) is 30.1 Å². The molecule has 0 aliphatic heterocycles. The van der Waals surface area contributed by atoms with Crippen molar-refractivity contribution in [2.24, 2.45) is 0 Å². The average molecular weight is 474 g/mol. The first kappa shape index (κ1) is 22.0. The van der Waals surface area contributed by atoms with Crippen molar-refractivity contribution in [3.05, 3.63) is 85.1 Å². The van der Waals surface area contributed by atoms with Crippen LogP contribution in [0.3, 0.4) is 0 Å². The molecule has 0 unspecified atom stereocenters. The fourth-order valence-corrected chi connectivity index (χ4v) is 4.62. The minimum Gasteiger partial charge on any atom is -0.358 e. The van der Waals surface area contributed by atoms with E-state index in [2.05, 4.69) is 74.3 Å². The Labute approximate surface area is 209 Å². The number of nitrogens with one attached hydrogen (secondary N) is 3. The van der Waals surface area contributed by atoms with Gasteiger partial charge >= 0.3 is 0 Å². The Hall–Kier alpha value is -4.52. The third kappa shape index (κ3) is 4.09. The molecule has 5 aromatic heterocycles. The number of rotatable bonds is 8. The fourth-order valence-electron chi connectivity index (χ4n) is 4.62. The maximum atomic E-state index is 4.98. The lowest BCUT2D eigenvalue weighted by atomic mass is 10.1. The SMILES string of the molecule is C=C(CCCC)Nc1cncc(-c2ccc3[nH]nc(-c4cc5c(C6=CCC=C6)cncc5[nH]4)c3n2)c1. The van der Waals surface area contributed by atoms with E-state index < -0.39 is 0 Å². The van der Waals surface area contributed by atoms with Gasteiger partial charge in [-0.2, -0.15) is 5.10 Å². The van der Waals surface area contributed by atoms with E-state index in [-0.39, 0.29) is 0 Å². The van der Waals surface area contributed by atoms with Crippen molar-refractivity contribution in [1.29, 1.82) is 0 Å². The van der Waals surface area contributed by atoms with Gasteiger partial charge in [-0.3, -0.25) is 15.1 Å². The molecule has 0 amide bonds. The molecule has 6 rings (SSSR count). The third-order valence-electron chi connectivity index (χ3n) is 6.48. The molecule has 0 fully saturated rings. The van der Waals surface area contributed by atoms with Gasteiger partial charge in [0.2, 0.25) is 0 Å². The lowest BCUT2D eigenvalue weighted by Crippen LogP contribution is -1.99. The van der Waals surface area contributed by atoms with E-state index in [4.69, 9.17) is 4.98 Å². The molecule has 7 heteroatoms. The highest BCUT2D eigenvalue weighted by Crippen LogP contribution is 2.33. The van der Waals surface area contributed by atoms with Crippen LogP contribution < -0.4 is 5.32 Å². The predicted octanol–water partition coefficient (Wildman–Crippen LogP) is 7.02. The molecule has 36 heavy (non-hydrogen) atoms. The van der Waals surface area contributed by atoms with Crippen LogP contribution in [0.25, 0.3) is 50.2 Å². The zero-order chi connectivity index (χ0) is 24.5.